The van der Waals surface area contributed by atoms with Gasteiger partial charge in [-0.1, -0.05) is 50.5 Å². The fraction of sp³-hybridized carbons (Fsp3) is 0.241. The average Bonchev–Trinajstić information content (AvgIpc) is 2.87. The Kier molecular flexibility index (Phi) is 7.76. The maximum absolute atomic E-state index is 15.1. The summed E-state index contributed by atoms with van der Waals surface area (Å²) >= 11 is 0. The topological polar surface area (TPSA) is 59.4 Å². The molecule has 0 unspecified atom stereocenters. The minimum Gasteiger partial charge on any atom is -0.494 e. The molecule has 192 valence electrons. The number of carbonyl (C=O) groups is 1. The fourth-order valence-electron chi connectivity index (χ4n) is 4.09. The van der Waals surface area contributed by atoms with Gasteiger partial charge in [-0.3, -0.25) is 0 Å². The predicted octanol–water partition coefficient (Wildman–Crippen LogP) is 8.38. The van der Waals surface area contributed by atoms with Crippen molar-refractivity contribution >= 4 is 16.9 Å². The minimum absolute atomic E-state index is 0.0673. The molecule has 0 aliphatic heterocycles. The fourth-order valence-corrected chi connectivity index (χ4v) is 4.09. The van der Waals surface area contributed by atoms with Crippen molar-refractivity contribution in [3.05, 3.63) is 83.7 Å². The minimum atomic E-state index is -4.62. The zero-order valence-corrected chi connectivity index (χ0v) is 20.1. The standard InChI is InChI=1S/C29H25F4NO3/c1-2-3-4-5-14-37-21-10-6-18(7-11-21)22-12-8-19(15-25(22)30)27-17-24(28(35)36)23-16-20(29(31,32)33)9-13-26(23)34-27/h6-13,15-17H,2-5,14H2,1H3,(H,35,36). The Balaban J connectivity index is 1.60. The summed E-state index contributed by atoms with van der Waals surface area (Å²) in [6.45, 7) is 2.77. The Morgan fingerprint density at radius 1 is 0.919 bits per heavy atom. The third-order valence-corrected chi connectivity index (χ3v) is 6.06. The van der Waals surface area contributed by atoms with Gasteiger partial charge in [0.25, 0.3) is 0 Å². The maximum atomic E-state index is 15.1. The van der Waals surface area contributed by atoms with Crippen LogP contribution in [0.3, 0.4) is 0 Å². The third kappa shape index (κ3) is 6.07. The van der Waals surface area contributed by atoms with Gasteiger partial charge in [0.2, 0.25) is 0 Å². The number of aromatic nitrogens is 1. The van der Waals surface area contributed by atoms with Gasteiger partial charge >= 0.3 is 12.1 Å². The molecule has 0 spiro atoms. The van der Waals surface area contributed by atoms with Gasteiger partial charge in [-0.25, -0.2) is 14.2 Å². The molecule has 0 saturated heterocycles. The molecule has 1 aromatic heterocycles. The van der Waals surface area contributed by atoms with Crippen molar-refractivity contribution in [3.63, 3.8) is 0 Å². The summed E-state index contributed by atoms with van der Waals surface area (Å²) in [5.41, 5.74) is 0.172. The lowest BCUT2D eigenvalue weighted by atomic mass is 9.99. The lowest BCUT2D eigenvalue weighted by molar-refractivity contribution is -0.137. The van der Waals surface area contributed by atoms with Crippen LogP contribution < -0.4 is 4.74 Å². The first-order chi connectivity index (χ1) is 17.7. The van der Waals surface area contributed by atoms with Crippen LogP contribution in [0.2, 0.25) is 0 Å². The number of hydrogen-bond donors (Lipinski definition) is 1. The number of pyridine rings is 1. The monoisotopic (exact) mass is 511 g/mol. The zero-order chi connectivity index (χ0) is 26.6. The molecule has 8 heteroatoms. The Morgan fingerprint density at radius 2 is 1.65 bits per heavy atom. The molecule has 1 N–H and O–H groups in total. The van der Waals surface area contributed by atoms with Crippen molar-refractivity contribution in [2.75, 3.05) is 6.61 Å². The predicted molar refractivity (Wildman–Crippen MR) is 134 cm³/mol. The largest absolute Gasteiger partial charge is 0.494 e. The van der Waals surface area contributed by atoms with E-state index in [1.165, 1.54) is 12.5 Å². The van der Waals surface area contributed by atoms with Gasteiger partial charge in [-0.15, -0.1) is 0 Å². The van der Waals surface area contributed by atoms with E-state index in [9.17, 15) is 23.1 Å². The van der Waals surface area contributed by atoms with Crippen LogP contribution in [-0.2, 0) is 6.18 Å². The summed E-state index contributed by atoms with van der Waals surface area (Å²) in [7, 11) is 0. The van der Waals surface area contributed by atoms with Crippen LogP contribution in [0.25, 0.3) is 33.3 Å². The molecule has 1 heterocycles. The van der Waals surface area contributed by atoms with Crippen molar-refractivity contribution in [1.82, 2.24) is 4.98 Å². The first-order valence-electron chi connectivity index (χ1n) is 12.0. The number of aromatic carboxylic acids is 1. The van der Waals surface area contributed by atoms with Crippen LogP contribution in [0.1, 0.15) is 48.5 Å². The van der Waals surface area contributed by atoms with Crippen LogP contribution >= 0.6 is 0 Å². The highest BCUT2D eigenvalue weighted by atomic mass is 19.4. The quantitative estimate of drug-likeness (QED) is 0.181. The number of unbranched alkanes of at least 4 members (excludes halogenated alkanes) is 3. The van der Waals surface area contributed by atoms with E-state index in [4.69, 9.17) is 4.74 Å². The molecule has 4 rings (SSSR count). The second kappa shape index (κ2) is 11.0. The number of benzene rings is 3. The highest BCUT2D eigenvalue weighted by Crippen LogP contribution is 2.34. The number of fused-ring (bicyclic) bond motifs is 1. The number of rotatable bonds is 9. The number of nitrogens with zero attached hydrogens (tertiary/aromatic N) is 1. The SMILES string of the molecule is CCCCCCOc1ccc(-c2ccc(-c3cc(C(=O)O)c4cc(C(F)(F)F)ccc4n3)cc2F)cc1. The maximum Gasteiger partial charge on any atom is 0.416 e. The summed E-state index contributed by atoms with van der Waals surface area (Å²) < 4.78 is 60.2. The van der Waals surface area contributed by atoms with Gasteiger partial charge in [0.15, 0.2) is 0 Å². The van der Waals surface area contributed by atoms with Gasteiger partial charge in [0.05, 0.1) is 28.9 Å². The van der Waals surface area contributed by atoms with Gasteiger partial charge in [-0.05, 0) is 54.4 Å². The first kappa shape index (κ1) is 26.1. The molecule has 0 aliphatic carbocycles. The van der Waals surface area contributed by atoms with Crippen molar-refractivity contribution in [2.45, 2.75) is 38.8 Å². The van der Waals surface area contributed by atoms with Crippen LogP contribution in [0.5, 0.6) is 5.75 Å². The Hall–Kier alpha value is -3.94. The molecule has 0 aliphatic rings. The normalized spacial score (nSPS) is 11.6. The molecule has 0 atom stereocenters. The van der Waals surface area contributed by atoms with Crippen LogP contribution in [0.4, 0.5) is 17.6 Å². The summed E-state index contributed by atoms with van der Waals surface area (Å²) in [5.74, 6) is -1.25. The Bertz CT molecular complexity index is 1420. The van der Waals surface area contributed by atoms with Gasteiger partial charge in [0.1, 0.15) is 11.6 Å². The molecular formula is C29H25F4NO3. The van der Waals surface area contributed by atoms with E-state index in [0.717, 1.165) is 43.5 Å². The number of alkyl halides is 3. The second-order valence-electron chi connectivity index (χ2n) is 8.72. The molecule has 37 heavy (non-hydrogen) atoms. The summed E-state index contributed by atoms with van der Waals surface area (Å²) in [4.78, 5) is 16.1. The van der Waals surface area contributed by atoms with E-state index in [1.54, 1.807) is 36.4 Å². The lowest BCUT2D eigenvalue weighted by Gasteiger charge is -2.12. The van der Waals surface area contributed by atoms with E-state index in [0.29, 0.717) is 29.0 Å². The van der Waals surface area contributed by atoms with Gasteiger partial charge < -0.3 is 9.84 Å². The van der Waals surface area contributed by atoms with E-state index in [-0.39, 0.29) is 22.2 Å². The Morgan fingerprint density at radius 3 is 2.30 bits per heavy atom. The summed E-state index contributed by atoms with van der Waals surface area (Å²) in [5, 5.41) is 9.47. The lowest BCUT2D eigenvalue weighted by Crippen LogP contribution is -2.06. The van der Waals surface area contributed by atoms with Crippen molar-refractivity contribution < 1.29 is 32.2 Å². The zero-order valence-electron chi connectivity index (χ0n) is 20.1. The smallest absolute Gasteiger partial charge is 0.416 e. The van der Waals surface area contributed by atoms with E-state index < -0.39 is 23.5 Å². The molecule has 4 aromatic rings. The molecule has 0 fully saturated rings. The Labute approximate surface area is 211 Å². The third-order valence-electron chi connectivity index (χ3n) is 6.06. The van der Waals surface area contributed by atoms with Crippen LogP contribution in [0, 0.1) is 5.82 Å². The average molecular weight is 512 g/mol. The molecule has 0 saturated carbocycles. The highest BCUT2D eigenvalue weighted by molar-refractivity contribution is 6.04. The highest BCUT2D eigenvalue weighted by Gasteiger charge is 2.31. The van der Waals surface area contributed by atoms with E-state index in [1.807, 2.05) is 0 Å². The van der Waals surface area contributed by atoms with E-state index >= 15 is 4.39 Å². The van der Waals surface area contributed by atoms with Crippen LogP contribution in [-0.4, -0.2) is 22.7 Å². The van der Waals surface area contributed by atoms with Crippen molar-refractivity contribution in [1.29, 1.82) is 0 Å². The molecule has 4 nitrogen and oxygen atoms in total. The number of carboxylic acid groups (broad SMARTS) is 1. The van der Waals surface area contributed by atoms with Crippen molar-refractivity contribution in [3.8, 4) is 28.1 Å². The van der Waals surface area contributed by atoms with Gasteiger partial charge in [0, 0.05) is 16.5 Å². The van der Waals surface area contributed by atoms with Crippen molar-refractivity contribution in [2.24, 2.45) is 0 Å². The molecule has 0 amide bonds. The second-order valence-corrected chi connectivity index (χ2v) is 8.72. The molecule has 3 aromatic carbocycles. The number of ether oxygens (including phenoxy) is 1. The molecular weight excluding hydrogens is 486 g/mol. The van der Waals surface area contributed by atoms with E-state index in [2.05, 4.69) is 11.9 Å². The van der Waals surface area contributed by atoms with Crippen LogP contribution in [0.15, 0.2) is 66.7 Å². The van der Waals surface area contributed by atoms with Gasteiger partial charge in [-0.2, -0.15) is 13.2 Å². The molecule has 0 radical (unpaired) electrons. The summed E-state index contributed by atoms with van der Waals surface area (Å²) in [6, 6.07) is 15.3. The first-order valence-corrected chi connectivity index (χ1v) is 12.0. The number of hydrogen-bond acceptors (Lipinski definition) is 3. The number of halogens is 4. The summed E-state index contributed by atoms with van der Waals surface area (Å²) in [6.07, 6.45) is -0.217. The molecule has 0 bridgehead atoms. The number of carboxylic acids is 1.